The Morgan fingerprint density at radius 2 is 1.84 bits per heavy atom. The van der Waals surface area contributed by atoms with Gasteiger partial charge in [-0.3, -0.25) is 9.59 Å². The van der Waals surface area contributed by atoms with Gasteiger partial charge in [-0.05, 0) is 29.2 Å². The SMILES string of the molecule is CC12OC(=O)CC1Oc1c(c3ccc(CCCC(=O)O)c4ccc5cccc1c5c43)O2. The Bertz CT molecular complexity index is 1390. The van der Waals surface area contributed by atoms with Crippen LogP contribution in [0.2, 0.25) is 0 Å². The van der Waals surface area contributed by atoms with Crippen molar-refractivity contribution >= 4 is 44.3 Å². The van der Waals surface area contributed by atoms with E-state index in [4.69, 9.17) is 19.3 Å². The van der Waals surface area contributed by atoms with E-state index < -0.39 is 17.9 Å². The van der Waals surface area contributed by atoms with Crippen molar-refractivity contribution in [3.8, 4) is 11.5 Å². The van der Waals surface area contributed by atoms with Crippen molar-refractivity contribution in [2.75, 3.05) is 0 Å². The van der Waals surface area contributed by atoms with E-state index in [1.54, 1.807) is 6.92 Å². The number of hydrogen-bond donors (Lipinski definition) is 1. The smallest absolute Gasteiger partial charge is 0.313 e. The third-order valence-electron chi connectivity index (χ3n) is 6.46. The molecule has 0 radical (unpaired) electrons. The second kappa shape index (κ2) is 6.23. The first-order valence-electron chi connectivity index (χ1n) is 10.5. The molecule has 4 aromatic rings. The molecule has 0 aliphatic carbocycles. The molecule has 6 rings (SSSR count). The lowest BCUT2D eigenvalue weighted by molar-refractivity contribution is -0.195. The molecule has 4 aromatic carbocycles. The Labute approximate surface area is 177 Å². The van der Waals surface area contributed by atoms with E-state index in [2.05, 4.69) is 18.2 Å². The van der Waals surface area contributed by atoms with Gasteiger partial charge in [-0.2, -0.15) is 0 Å². The molecule has 2 aliphatic heterocycles. The number of ether oxygens (including phenoxy) is 3. The predicted molar refractivity (Wildman–Crippen MR) is 115 cm³/mol. The Morgan fingerprint density at radius 1 is 1.03 bits per heavy atom. The van der Waals surface area contributed by atoms with Crippen molar-refractivity contribution in [2.45, 2.75) is 44.5 Å². The number of carbonyl (C=O) groups is 2. The minimum atomic E-state index is -1.15. The van der Waals surface area contributed by atoms with Crippen molar-refractivity contribution in [3.05, 3.63) is 48.0 Å². The van der Waals surface area contributed by atoms with Gasteiger partial charge in [0.15, 0.2) is 17.6 Å². The molecule has 1 fully saturated rings. The molecule has 0 aromatic heterocycles. The van der Waals surface area contributed by atoms with Crippen LogP contribution in [0.15, 0.2) is 42.5 Å². The lowest BCUT2D eigenvalue weighted by atomic mass is 9.89. The molecule has 2 aliphatic rings. The maximum atomic E-state index is 12.0. The Hall–Kier alpha value is -3.54. The van der Waals surface area contributed by atoms with Gasteiger partial charge in [0.05, 0.1) is 6.42 Å². The zero-order valence-electron chi connectivity index (χ0n) is 16.9. The maximum Gasteiger partial charge on any atom is 0.313 e. The van der Waals surface area contributed by atoms with Crippen LogP contribution >= 0.6 is 0 Å². The van der Waals surface area contributed by atoms with Crippen molar-refractivity contribution < 1.29 is 28.9 Å². The lowest BCUT2D eigenvalue weighted by Crippen LogP contribution is -2.47. The monoisotopic (exact) mass is 416 g/mol. The molecule has 0 bridgehead atoms. The first-order chi connectivity index (χ1) is 14.9. The van der Waals surface area contributed by atoms with E-state index in [0.29, 0.717) is 24.3 Å². The van der Waals surface area contributed by atoms with Gasteiger partial charge < -0.3 is 19.3 Å². The van der Waals surface area contributed by atoms with Gasteiger partial charge in [0.2, 0.25) is 0 Å². The highest BCUT2D eigenvalue weighted by molar-refractivity contribution is 6.27. The molecule has 0 amide bonds. The minimum absolute atomic E-state index is 0.138. The Kier molecular flexibility index (Phi) is 3.67. The average Bonchev–Trinajstić information content (AvgIpc) is 3.04. The molecule has 6 nitrogen and oxygen atoms in total. The Morgan fingerprint density at radius 3 is 2.68 bits per heavy atom. The van der Waals surface area contributed by atoms with E-state index in [-0.39, 0.29) is 18.8 Å². The van der Waals surface area contributed by atoms with E-state index in [9.17, 15) is 9.59 Å². The summed E-state index contributed by atoms with van der Waals surface area (Å²) in [5, 5.41) is 15.2. The summed E-state index contributed by atoms with van der Waals surface area (Å²) in [4.78, 5) is 22.9. The molecule has 1 saturated heterocycles. The summed E-state index contributed by atoms with van der Waals surface area (Å²) in [6.07, 6.45) is 1.05. The van der Waals surface area contributed by atoms with Crippen molar-refractivity contribution in [3.63, 3.8) is 0 Å². The van der Waals surface area contributed by atoms with E-state index in [1.165, 1.54) is 0 Å². The minimum Gasteiger partial charge on any atom is -0.481 e. The zero-order chi connectivity index (χ0) is 21.3. The van der Waals surface area contributed by atoms with Crippen LogP contribution in [0.5, 0.6) is 11.5 Å². The number of fused-ring (bicyclic) bond motifs is 4. The fraction of sp³-hybridized carbons (Fsp3) is 0.280. The first-order valence-corrected chi connectivity index (χ1v) is 10.5. The highest BCUT2D eigenvalue weighted by Crippen LogP contribution is 2.53. The van der Waals surface area contributed by atoms with Crippen molar-refractivity contribution in [1.82, 2.24) is 0 Å². The van der Waals surface area contributed by atoms with Crippen molar-refractivity contribution in [1.29, 1.82) is 0 Å². The fourth-order valence-electron chi connectivity index (χ4n) is 5.02. The molecule has 2 atom stereocenters. The highest BCUT2D eigenvalue weighted by Gasteiger charge is 2.53. The van der Waals surface area contributed by atoms with Crippen LogP contribution in [0, 0.1) is 0 Å². The van der Waals surface area contributed by atoms with Gasteiger partial charge in [0.25, 0.3) is 5.79 Å². The number of aliphatic carboxylic acids is 1. The standard InChI is InChI=1S/C25H20O6/c1-25-18(12-20(28)30-25)29-23-16-6-2-5-14-9-10-15-13(4-3-7-19(26)27)8-11-17(24(23)31-25)22(15)21(14)16/h2,5-6,8-11,18H,3-4,7,12H2,1H3,(H,26,27). The second-order valence-electron chi connectivity index (χ2n) is 8.47. The molecule has 156 valence electrons. The quantitative estimate of drug-likeness (QED) is 0.380. The van der Waals surface area contributed by atoms with E-state index in [0.717, 1.165) is 37.9 Å². The third kappa shape index (κ3) is 2.57. The Balaban J connectivity index is 1.62. The van der Waals surface area contributed by atoms with Crippen LogP contribution in [0.3, 0.4) is 0 Å². The number of carboxylic acid groups (broad SMARTS) is 1. The number of carbonyl (C=O) groups excluding carboxylic acids is 1. The summed E-state index contributed by atoms with van der Waals surface area (Å²) in [6, 6.07) is 14.3. The summed E-state index contributed by atoms with van der Waals surface area (Å²) in [7, 11) is 0. The largest absolute Gasteiger partial charge is 0.481 e. The van der Waals surface area contributed by atoms with Gasteiger partial charge >= 0.3 is 11.9 Å². The summed E-state index contributed by atoms with van der Waals surface area (Å²) in [5.74, 6) is -1.04. The van der Waals surface area contributed by atoms with Crippen molar-refractivity contribution in [2.24, 2.45) is 0 Å². The van der Waals surface area contributed by atoms with Gasteiger partial charge in [-0.25, -0.2) is 0 Å². The molecule has 6 heteroatoms. The zero-order valence-corrected chi connectivity index (χ0v) is 16.9. The molecule has 0 spiro atoms. The number of hydrogen-bond acceptors (Lipinski definition) is 5. The molecular formula is C25H20O6. The summed E-state index contributed by atoms with van der Waals surface area (Å²) < 4.78 is 18.1. The molecule has 31 heavy (non-hydrogen) atoms. The first kappa shape index (κ1) is 18.2. The van der Waals surface area contributed by atoms with Gasteiger partial charge in [0.1, 0.15) is 0 Å². The van der Waals surface area contributed by atoms with E-state index >= 15 is 0 Å². The number of esters is 1. The summed E-state index contributed by atoms with van der Waals surface area (Å²) in [5.41, 5.74) is 1.11. The number of rotatable bonds is 4. The number of carboxylic acids is 1. The van der Waals surface area contributed by atoms with Crippen LogP contribution in [-0.2, 0) is 20.7 Å². The van der Waals surface area contributed by atoms with Gasteiger partial charge in [-0.1, -0.05) is 42.5 Å². The van der Waals surface area contributed by atoms with Gasteiger partial charge in [0, 0.05) is 34.9 Å². The molecule has 0 saturated carbocycles. The predicted octanol–water partition coefficient (Wildman–Crippen LogP) is 4.79. The van der Waals surface area contributed by atoms with Crippen LogP contribution in [0.4, 0.5) is 0 Å². The molecule has 2 unspecified atom stereocenters. The average molecular weight is 416 g/mol. The second-order valence-corrected chi connectivity index (χ2v) is 8.47. The number of benzene rings is 4. The number of aryl methyl sites for hydroxylation is 1. The maximum absolute atomic E-state index is 12.0. The van der Waals surface area contributed by atoms with Gasteiger partial charge in [-0.15, -0.1) is 0 Å². The van der Waals surface area contributed by atoms with Crippen LogP contribution in [0.1, 0.15) is 31.7 Å². The molecule has 1 N–H and O–H groups in total. The third-order valence-corrected chi connectivity index (χ3v) is 6.46. The van der Waals surface area contributed by atoms with Crippen LogP contribution in [0.25, 0.3) is 32.3 Å². The molecular weight excluding hydrogens is 396 g/mol. The molecule has 2 heterocycles. The topological polar surface area (TPSA) is 82.1 Å². The van der Waals surface area contributed by atoms with E-state index in [1.807, 2.05) is 24.3 Å². The lowest BCUT2D eigenvalue weighted by Gasteiger charge is -2.37. The fourth-order valence-corrected chi connectivity index (χ4v) is 5.02. The highest BCUT2D eigenvalue weighted by atomic mass is 16.8. The van der Waals surface area contributed by atoms with Crippen LogP contribution in [-0.4, -0.2) is 28.9 Å². The normalized spacial score (nSPS) is 22.2. The van der Waals surface area contributed by atoms with Crippen LogP contribution < -0.4 is 9.47 Å². The summed E-state index contributed by atoms with van der Waals surface area (Å²) >= 11 is 0. The summed E-state index contributed by atoms with van der Waals surface area (Å²) in [6.45, 7) is 1.74.